The van der Waals surface area contributed by atoms with Crippen molar-refractivity contribution in [3.8, 4) is 0 Å². The first-order valence-corrected chi connectivity index (χ1v) is 13.9. The number of thiophene rings is 1. The van der Waals surface area contributed by atoms with Crippen LogP contribution >= 0.6 is 22.9 Å². The SMILES string of the molecule is Cc1cc(C)c(NS(C)(=O)=O)c(C)c1NC(=O)c1ccc(S(=O)(=O)Nc2onc(C)c2Cl)s1. The first-order valence-electron chi connectivity index (χ1n) is 9.34. The van der Waals surface area contributed by atoms with Crippen LogP contribution in [0.4, 0.5) is 17.3 Å². The fourth-order valence-corrected chi connectivity index (χ4v) is 6.13. The van der Waals surface area contributed by atoms with E-state index in [0.29, 0.717) is 28.2 Å². The van der Waals surface area contributed by atoms with E-state index in [1.54, 1.807) is 33.8 Å². The lowest BCUT2D eigenvalue weighted by Gasteiger charge is -2.18. The Bertz CT molecular complexity index is 1460. The number of hydrogen-bond acceptors (Lipinski definition) is 8. The third-order valence-corrected chi connectivity index (χ3v) is 8.51. The monoisotopic (exact) mass is 532 g/mol. The van der Waals surface area contributed by atoms with Crippen molar-refractivity contribution in [2.75, 3.05) is 21.0 Å². The number of nitrogens with zero attached hydrogens (tertiary/aromatic N) is 1. The van der Waals surface area contributed by atoms with Crippen molar-refractivity contribution in [1.29, 1.82) is 0 Å². The van der Waals surface area contributed by atoms with Gasteiger partial charge in [0.2, 0.25) is 10.0 Å². The summed E-state index contributed by atoms with van der Waals surface area (Å²) < 4.78 is 58.1. The molecule has 10 nitrogen and oxygen atoms in total. The number of amides is 1. The van der Waals surface area contributed by atoms with E-state index >= 15 is 0 Å². The molecule has 0 fully saturated rings. The number of hydrogen-bond donors (Lipinski definition) is 3. The molecule has 2 heterocycles. The molecule has 178 valence electrons. The van der Waals surface area contributed by atoms with Gasteiger partial charge in [-0.1, -0.05) is 22.8 Å². The van der Waals surface area contributed by atoms with Crippen LogP contribution in [0.2, 0.25) is 5.02 Å². The van der Waals surface area contributed by atoms with Crippen LogP contribution in [0.15, 0.2) is 26.9 Å². The zero-order valence-corrected chi connectivity index (χ0v) is 21.4. The second kappa shape index (κ2) is 8.97. The van der Waals surface area contributed by atoms with Gasteiger partial charge in [-0.2, -0.15) is 0 Å². The van der Waals surface area contributed by atoms with Crippen molar-refractivity contribution < 1.29 is 26.2 Å². The lowest BCUT2D eigenvalue weighted by Crippen LogP contribution is -2.16. The van der Waals surface area contributed by atoms with Crippen LogP contribution in [0.1, 0.15) is 32.1 Å². The number of halogens is 1. The third kappa shape index (κ3) is 5.49. The summed E-state index contributed by atoms with van der Waals surface area (Å²) >= 11 is 6.70. The first-order chi connectivity index (χ1) is 15.2. The Morgan fingerprint density at radius 3 is 2.24 bits per heavy atom. The molecule has 0 spiro atoms. The Morgan fingerprint density at radius 1 is 1.03 bits per heavy atom. The van der Waals surface area contributed by atoms with Gasteiger partial charge in [0.15, 0.2) is 0 Å². The molecule has 0 unspecified atom stereocenters. The molecule has 3 rings (SSSR count). The minimum absolute atomic E-state index is 0.0388. The molecule has 2 aromatic heterocycles. The van der Waals surface area contributed by atoms with Gasteiger partial charge in [-0.25, -0.2) is 21.6 Å². The number of sulfonamides is 2. The largest absolute Gasteiger partial charge is 0.336 e. The highest BCUT2D eigenvalue weighted by Gasteiger charge is 2.24. The van der Waals surface area contributed by atoms with Crippen LogP contribution in [0, 0.1) is 27.7 Å². The molecule has 0 saturated carbocycles. The molecule has 0 aliphatic heterocycles. The topological polar surface area (TPSA) is 147 Å². The lowest BCUT2D eigenvalue weighted by molar-refractivity contribution is 0.103. The molecule has 0 aliphatic carbocycles. The summed E-state index contributed by atoms with van der Waals surface area (Å²) in [5.41, 5.74) is 3.08. The third-order valence-electron chi connectivity index (χ3n) is 4.59. The van der Waals surface area contributed by atoms with E-state index in [0.717, 1.165) is 23.2 Å². The number of aromatic nitrogens is 1. The van der Waals surface area contributed by atoms with E-state index in [9.17, 15) is 21.6 Å². The molecule has 14 heteroatoms. The van der Waals surface area contributed by atoms with Gasteiger partial charge < -0.3 is 9.84 Å². The van der Waals surface area contributed by atoms with Crippen LogP contribution in [0.5, 0.6) is 0 Å². The molecule has 1 aromatic carbocycles. The Kier molecular flexibility index (Phi) is 6.80. The van der Waals surface area contributed by atoms with Gasteiger partial charge in [-0.15, -0.1) is 11.3 Å². The number of nitrogens with one attached hydrogen (secondary N) is 3. The molecule has 0 saturated heterocycles. The average molecular weight is 533 g/mol. The summed E-state index contributed by atoms with van der Waals surface area (Å²) in [6, 6.07) is 4.40. The van der Waals surface area contributed by atoms with Gasteiger partial charge in [0.05, 0.1) is 16.8 Å². The zero-order chi connectivity index (χ0) is 24.7. The van der Waals surface area contributed by atoms with E-state index in [1.807, 2.05) is 0 Å². The van der Waals surface area contributed by atoms with E-state index in [-0.39, 0.29) is 20.0 Å². The van der Waals surface area contributed by atoms with E-state index in [4.69, 9.17) is 16.1 Å². The van der Waals surface area contributed by atoms with Crippen LogP contribution < -0.4 is 14.8 Å². The van der Waals surface area contributed by atoms with Crippen molar-refractivity contribution in [3.63, 3.8) is 0 Å². The fourth-order valence-electron chi connectivity index (χ4n) is 3.08. The highest BCUT2D eigenvalue weighted by atomic mass is 35.5. The van der Waals surface area contributed by atoms with Crippen molar-refractivity contribution in [1.82, 2.24) is 5.16 Å². The molecular weight excluding hydrogens is 512 g/mol. The Balaban J connectivity index is 1.87. The quantitative estimate of drug-likeness (QED) is 0.415. The number of carbonyl (C=O) groups is 1. The highest BCUT2D eigenvalue weighted by molar-refractivity contribution is 7.94. The first kappa shape index (κ1) is 25.0. The summed E-state index contributed by atoms with van der Waals surface area (Å²) in [7, 11) is -7.59. The van der Waals surface area contributed by atoms with Crippen LogP contribution in [-0.2, 0) is 20.0 Å². The molecule has 1 amide bonds. The van der Waals surface area contributed by atoms with Gasteiger partial charge >= 0.3 is 0 Å². The smallest absolute Gasteiger partial charge is 0.273 e. The second-order valence-electron chi connectivity index (χ2n) is 7.35. The number of benzene rings is 1. The Hall–Kier alpha value is -2.61. The van der Waals surface area contributed by atoms with Gasteiger partial charge in [0.25, 0.3) is 21.8 Å². The second-order valence-corrected chi connectivity index (χ2v) is 12.5. The van der Waals surface area contributed by atoms with Gasteiger partial charge in [0.1, 0.15) is 14.9 Å². The maximum absolute atomic E-state index is 12.9. The van der Waals surface area contributed by atoms with Crippen molar-refractivity contribution in [2.45, 2.75) is 31.9 Å². The minimum Gasteiger partial charge on any atom is -0.336 e. The van der Waals surface area contributed by atoms with Crippen molar-refractivity contribution in [2.24, 2.45) is 0 Å². The highest BCUT2D eigenvalue weighted by Crippen LogP contribution is 2.33. The number of aryl methyl sites for hydroxylation is 3. The molecule has 0 radical (unpaired) electrons. The molecule has 0 bridgehead atoms. The molecule has 3 N–H and O–H groups in total. The maximum atomic E-state index is 12.9. The van der Waals surface area contributed by atoms with Gasteiger partial charge in [-0.05, 0) is 56.5 Å². The summed E-state index contributed by atoms with van der Waals surface area (Å²) in [4.78, 5) is 13.0. The molecule has 3 aromatic rings. The van der Waals surface area contributed by atoms with E-state index in [2.05, 4.69) is 19.9 Å². The van der Waals surface area contributed by atoms with Crippen LogP contribution in [0.3, 0.4) is 0 Å². The zero-order valence-electron chi connectivity index (χ0n) is 18.2. The molecule has 0 aliphatic rings. The number of carbonyl (C=O) groups excluding carboxylic acids is 1. The fraction of sp³-hybridized carbons (Fsp3) is 0.263. The van der Waals surface area contributed by atoms with E-state index < -0.39 is 26.0 Å². The lowest BCUT2D eigenvalue weighted by atomic mass is 10.0. The number of rotatable bonds is 7. The predicted molar refractivity (Wildman–Crippen MR) is 128 cm³/mol. The standard InChI is InChI=1S/C19H21ClN4O6S3/c1-9-8-10(2)17(23-32(5,26)27)11(3)16(9)21-18(25)13-6-7-14(31-13)33(28,29)24-19-15(20)12(4)22-30-19/h6-8,23-24H,1-5H3,(H,21,25). The minimum atomic E-state index is -4.06. The molecule has 0 atom stereocenters. The van der Waals surface area contributed by atoms with Crippen LogP contribution in [-0.4, -0.2) is 34.2 Å². The average Bonchev–Trinajstić information content (AvgIpc) is 3.31. The molecule has 33 heavy (non-hydrogen) atoms. The van der Waals surface area contributed by atoms with E-state index in [1.165, 1.54) is 12.1 Å². The Labute approximate surface area is 200 Å². The maximum Gasteiger partial charge on any atom is 0.273 e. The summed E-state index contributed by atoms with van der Waals surface area (Å²) in [5.74, 6) is -0.763. The predicted octanol–water partition coefficient (Wildman–Crippen LogP) is 4.05. The number of anilines is 3. The summed E-state index contributed by atoms with van der Waals surface area (Å²) in [6.07, 6.45) is 1.04. The van der Waals surface area contributed by atoms with Gasteiger partial charge in [0, 0.05) is 5.69 Å². The van der Waals surface area contributed by atoms with Gasteiger partial charge in [-0.3, -0.25) is 9.52 Å². The van der Waals surface area contributed by atoms with Crippen molar-refractivity contribution in [3.05, 3.63) is 50.5 Å². The normalized spacial score (nSPS) is 11.9. The van der Waals surface area contributed by atoms with Crippen LogP contribution in [0.25, 0.3) is 0 Å². The molecular formula is C19H21ClN4O6S3. The Morgan fingerprint density at radius 2 is 1.67 bits per heavy atom. The summed E-state index contributed by atoms with van der Waals surface area (Å²) in [6.45, 7) is 6.77. The summed E-state index contributed by atoms with van der Waals surface area (Å²) in [5, 5.41) is 6.37. The van der Waals surface area contributed by atoms with Crippen molar-refractivity contribution >= 4 is 66.2 Å².